The number of carbonyl (C=O) groups is 2. The first-order chi connectivity index (χ1) is 18.4. The number of carboxylic acids is 1. The molecule has 0 saturated heterocycles. The zero-order chi connectivity index (χ0) is 27.2. The maximum atomic E-state index is 13.2. The van der Waals surface area contributed by atoms with Gasteiger partial charge in [0.05, 0.1) is 6.54 Å². The maximum Gasteiger partial charge on any atom is 0.415 e. The van der Waals surface area contributed by atoms with E-state index in [-0.39, 0.29) is 18.8 Å². The molecule has 0 spiro atoms. The second-order valence-electron chi connectivity index (χ2n) is 9.79. The van der Waals surface area contributed by atoms with E-state index in [2.05, 4.69) is 0 Å². The number of benzene rings is 2. The Morgan fingerprint density at radius 3 is 2.32 bits per heavy atom. The average Bonchev–Trinajstić information content (AvgIpc) is 2.92. The Bertz CT molecular complexity index is 975. The number of hydrogen-bond donors (Lipinski definition) is 1. The Hall–Kier alpha value is -3.13. The van der Waals surface area contributed by atoms with Gasteiger partial charge in [0.1, 0.15) is 23.9 Å². The van der Waals surface area contributed by atoms with E-state index in [1.807, 2.05) is 12.1 Å². The van der Waals surface area contributed by atoms with Crippen molar-refractivity contribution in [3.05, 3.63) is 59.9 Å². The van der Waals surface area contributed by atoms with Crippen LogP contribution < -0.4 is 9.47 Å². The van der Waals surface area contributed by atoms with Crippen molar-refractivity contribution in [2.24, 2.45) is 5.92 Å². The molecule has 1 aliphatic carbocycles. The summed E-state index contributed by atoms with van der Waals surface area (Å²) in [6, 6.07) is 12.6. The second-order valence-corrected chi connectivity index (χ2v) is 9.79. The third kappa shape index (κ3) is 10.3. The number of amides is 1. The van der Waals surface area contributed by atoms with Gasteiger partial charge in [-0.05, 0) is 61.2 Å². The van der Waals surface area contributed by atoms with Gasteiger partial charge in [-0.25, -0.2) is 14.0 Å². The van der Waals surface area contributed by atoms with Gasteiger partial charge in [0.25, 0.3) is 0 Å². The van der Waals surface area contributed by atoms with Crippen LogP contribution in [0.3, 0.4) is 0 Å². The van der Waals surface area contributed by atoms with Crippen LogP contribution in [0.1, 0.15) is 63.9 Å². The van der Waals surface area contributed by atoms with Gasteiger partial charge in [0.2, 0.25) is 0 Å². The molecule has 2 aromatic carbocycles. The van der Waals surface area contributed by atoms with Gasteiger partial charge in [-0.3, -0.25) is 0 Å². The molecule has 1 fully saturated rings. The Morgan fingerprint density at radius 2 is 1.66 bits per heavy atom. The van der Waals surface area contributed by atoms with Gasteiger partial charge >= 0.3 is 12.1 Å². The van der Waals surface area contributed by atoms with E-state index in [0.717, 1.165) is 24.3 Å². The number of aliphatic carboxylic acids is 1. The Balaban J connectivity index is 1.50. The van der Waals surface area contributed by atoms with Gasteiger partial charge in [-0.15, -0.1) is 0 Å². The third-order valence-electron chi connectivity index (χ3n) is 6.91. The highest BCUT2D eigenvalue weighted by Crippen LogP contribution is 2.27. The lowest BCUT2D eigenvalue weighted by Gasteiger charge is -2.24. The van der Waals surface area contributed by atoms with Crippen molar-refractivity contribution in [2.45, 2.75) is 70.8 Å². The number of unbranched alkanes of at least 4 members (excludes halogenated alkanes) is 1. The topological polar surface area (TPSA) is 85.3 Å². The van der Waals surface area contributed by atoms with Gasteiger partial charge in [0.15, 0.2) is 6.10 Å². The fraction of sp³-hybridized carbons (Fsp3) is 0.533. The lowest BCUT2D eigenvalue weighted by Crippen LogP contribution is -2.37. The van der Waals surface area contributed by atoms with Crippen molar-refractivity contribution in [2.75, 3.05) is 26.3 Å². The normalized spacial score (nSPS) is 14.6. The van der Waals surface area contributed by atoms with E-state index in [4.69, 9.17) is 14.2 Å². The summed E-state index contributed by atoms with van der Waals surface area (Å²) in [5, 5.41) is 9.27. The zero-order valence-corrected chi connectivity index (χ0v) is 22.3. The highest BCUT2D eigenvalue weighted by atomic mass is 19.1. The van der Waals surface area contributed by atoms with Gasteiger partial charge in [-0.2, -0.15) is 0 Å². The molecule has 0 heterocycles. The summed E-state index contributed by atoms with van der Waals surface area (Å²) < 4.78 is 29.8. The lowest BCUT2D eigenvalue weighted by atomic mass is 9.86. The minimum atomic E-state index is -0.987. The van der Waals surface area contributed by atoms with Crippen molar-refractivity contribution in [3.8, 4) is 11.5 Å². The molecule has 1 saturated carbocycles. The fourth-order valence-corrected chi connectivity index (χ4v) is 4.80. The summed E-state index contributed by atoms with van der Waals surface area (Å²) in [5.41, 5.74) is 0.834. The molecule has 8 heteroatoms. The van der Waals surface area contributed by atoms with Crippen molar-refractivity contribution in [1.29, 1.82) is 0 Å². The number of halogens is 1. The first-order valence-electron chi connectivity index (χ1n) is 13.7. The number of nitrogens with zero attached hydrogens (tertiary/aromatic N) is 1. The number of ether oxygens (including phenoxy) is 3. The van der Waals surface area contributed by atoms with Crippen molar-refractivity contribution < 1.29 is 33.3 Å². The summed E-state index contributed by atoms with van der Waals surface area (Å²) in [5.74, 6) is 0.348. The van der Waals surface area contributed by atoms with Crippen molar-refractivity contribution in [3.63, 3.8) is 0 Å². The molecule has 1 atom stereocenters. The van der Waals surface area contributed by atoms with Crippen molar-refractivity contribution in [1.82, 2.24) is 4.90 Å². The fourth-order valence-electron chi connectivity index (χ4n) is 4.80. The predicted octanol–water partition coefficient (Wildman–Crippen LogP) is 6.49. The predicted molar refractivity (Wildman–Crippen MR) is 143 cm³/mol. The van der Waals surface area contributed by atoms with E-state index < -0.39 is 18.2 Å². The first kappa shape index (κ1) is 29.4. The van der Waals surface area contributed by atoms with E-state index >= 15 is 0 Å². The number of carboxylic acid groups (broad SMARTS) is 1. The quantitative estimate of drug-likeness (QED) is 0.266. The van der Waals surface area contributed by atoms with E-state index in [9.17, 15) is 19.1 Å². The van der Waals surface area contributed by atoms with Crippen LogP contribution in [0.5, 0.6) is 11.5 Å². The molecule has 1 aliphatic rings. The summed E-state index contributed by atoms with van der Waals surface area (Å²) in [6.07, 6.45) is 8.66. The van der Waals surface area contributed by atoms with Crippen LogP contribution in [0.15, 0.2) is 48.5 Å². The van der Waals surface area contributed by atoms with E-state index in [1.165, 1.54) is 62.8 Å². The first-order valence-corrected chi connectivity index (χ1v) is 13.7. The molecule has 1 N–H and O–H groups in total. The van der Waals surface area contributed by atoms with Crippen LogP contribution in [0, 0.1) is 11.7 Å². The summed E-state index contributed by atoms with van der Waals surface area (Å²) in [7, 11) is 0. The van der Waals surface area contributed by atoms with Crippen LogP contribution in [0.25, 0.3) is 0 Å². The molecule has 0 radical (unpaired) electrons. The van der Waals surface area contributed by atoms with E-state index in [0.29, 0.717) is 31.2 Å². The lowest BCUT2D eigenvalue weighted by molar-refractivity contribution is -0.149. The van der Waals surface area contributed by atoms with Crippen LogP contribution in [-0.2, 0) is 16.0 Å². The SMILES string of the molecule is CCOC(Cc1ccc(OCCN(CCCCC2CCCCC2)C(=O)Oc2ccc(F)cc2)cc1)C(=O)O. The minimum Gasteiger partial charge on any atom is -0.492 e. The molecule has 0 aromatic heterocycles. The average molecular weight is 530 g/mol. The summed E-state index contributed by atoms with van der Waals surface area (Å²) in [4.78, 5) is 25.8. The molecule has 1 unspecified atom stereocenters. The standard InChI is InChI=1S/C30H40FNO6/c1-2-36-28(29(33)34)22-24-11-15-26(16-12-24)37-21-20-32(19-7-6-10-23-8-4-3-5-9-23)30(35)38-27-17-13-25(31)14-18-27/h11-18,23,28H,2-10,19-22H2,1H3,(H,33,34). The molecule has 3 rings (SSSR count). The van der Waals surface area contributed by atoms with Crippen LogP contribution >= 0.6 is 0 Å². The number of carbonyl (C=O) groups excluding carboxylic acids is 1. The van der Waals surface area contributed by atoms with Gasteiger partial charge in [0, 0.05) is 19.6 Å². The molecular weight excluding hydrogens is 489 g/mol. The molecule has 208 valence electrons. The minimum absolute atomic E-state index is 0.271. The molecule has 2 aromatic rings. The van der Waals surface area contributed by atoms with Gasteiger partial charge < -0.3 is 24.2 Å². The molecule has 0 aliphatic heterocycles. The second kappa shape index (κ2) is 16.0. The number of hydrogen-bond acceptors (Lipinski definition) is 5. The summed E-state index contributed by atoms with van der Waals surface area (Å²) in [6.45, 7) is 3.28. The van der Waals surface area contributed by atoms with Gasteiger partial charge in [-0.1, -0.05) is 57.1 Å². The smallest absolute Gasteiger partial charge is 0.415 e. The highest BCUT2D eigenvalue weighted by Gasteiger charge is 2.19. The molecule has 0 bridgehead atoms. The van der Waals surface area contributed by atoms with Crippen LogP contribution in [0.4, 0.5) is 9.18 Å². The Kier molecular flexibility index (Phi) is 12.4. The zero-order valence-electron chi connectivity index (χ0n) is 22.3. The molecular formula is C30H40FNO6. The maximum absolute atomic E-state index is 13.2. The molecule has 38 heavy (non-hydrogen) atoms. The number of rotatable bonds is 15. The van der Waals surface area contributed by atoms with Crippen LogP contribution in [-0.4, -0.2) is 54.5 Å². The Morgan fingerprint density at radius 1 is 0.974 bits per heavy atom. The van der Waals surface area contributed by atoms with Crippen LogP contribution in [0.2, 0.25) is 0 Å². The highest BCUT2D eigenvalue weighted by molar-refractivity contribution is 5.72. The molecule has 1 amide bonds. The van der Waals surface area contributed by atoms with E-state index in [1.54, 1.807) is 24.0 Å². The Labute approximate surface area is 224 Å². The third-order valence-corrected chi connectivity index (χ3v) is 6.91. The molecule has 7 nitrogen and oxygen atoms in total. The summed E-state index contributed by atoms with van der Waals surface area (Å²) >= 11 is 0. The van der Waals surface area contributed by atoms with Crippen molar-refractivity contribution >= 4 is 12.1 Å². The monoisotopic (exact) mass is 529 g/mol. The largest absolute Gasteiger partial charge is 0.492 e.